The Hall–Kier alpha value is -2.69. The average molecular weight is 326 g/mol. The van der Waals surface area contributed by atoms with Gasteiger partial charge in [-0.05, 0) is 41.3 Å². The van der Waals surface area contributed by atoms with Gasteiger partial charge in [-0.1, -0.05) is 24.3 Å². The number of nitrogens with one attached hydrogen (secondary N) is 1. The smallest absolute Gasteiger partial charge is 0.231 e. The van der Waals surface area contributed by atoms with Crippen LogP contribution in [-0.4, -0.2) is 18.9 Å². The van der Waals surface area contributed by atoms with E-state index in [9.17, 15) is 14.0 Å². The minimum atomic E-state index is -0.274. The molecule has 0 saturated carbocycles. The number of rotatable bonds is 5. The van der Waals surface area contributed by atoms with Crippen molar-refractivity contribution in [2.45, 2.75) is 25.8 Å². The Morgan fingerprint density at radius 3 is 2.62 bits per heavy atom. The van der Waals surface area contributed by atoms with Crippen LogP contribution < -0.4 is 10.2 Å². The third-order valence-electron chi connectivity index (χ3n) is 4.26. The molecule has 1 N–H and O–H groups in total. The summed E-state index contributed by atoms with van der Waals surface area (Å²) < 4.78 is 12.8. The molecule has 2 amide bonds. The van der Waals surface area contributed by atoms with Gasteiger partial charge in [0.05, 0.1) is 6.42 Å². The Bertz CT molecular complexity index is 771. The number of fused-ring (bicyclic) bond motifs is 1. The fourth-order valence-corrected chi connectivity index (χ4v) is 2.83. The highest BCUT2D eigenvalue weighted by Gasteiger charge is 2.23. The zero-order valence-corrected chi connectivity index (χ0v) is 13.5. The van der Waals surface area contributed by atoms with Gasteiger partial charge in [-0.15, -0.1) is 0 Å². The molecule has 0 radical (unpaired) electrons. The first-order chi connectivity index (χ1) is 11.5. The molecule has 0 spiro atoms. The normalized spacial score (nSPS) is 13.1. The van der Waals surface area contributed by atoms with Crippen molar-refractivity contribution in [1.82, 2.24) is 5.32 Å². The quantitative estimate of drug-likeness (QED) is 0.918. The number of hydrogen-bond donors (Lipinski definition) is 1. The highest BCUT2D eigenvalue weighted by molar-refractivity contribution is 6.00. The van der Waals surface area contributed by atoms with Gasteiger partial charge < -0.3 is 10.2 Å². The monoisotopic (exact) mass is 326 g/mol. The van der Waals surface area contributed by atoms with E-state index in [1.807, 2.05) is 18.2 Å². The zero-order chi connectivity index (χ0) is 17.1. The molecule has 1 heterocycles. The third-order valence-corrected chi connectivity index (χ3v) is 4.26. The lowest BCUT2D eigenvalue weighted by Crippen LogP contribution is -2.23. The van der Waals surface area contributed by atoms with Crippen molar-refractivity contribution in [2.24, 2.45) is 0 Å². The van der Waals surface area contributed by atoms with E-state index in [0.717, 1.165) is 22.4 Å². The van der Waals surface area contributed by atoms with Crippen LogP contribution in [-0.2, 0) is 29.0 Å². The van der Waals surface area contributed by atoms with Crippen LogP contribution in [0.25, 0.3) is 0 Å². The number of halogens is 1. The van der Waals surface area contributed by atoms with E-state index in [1.165, 1.54) is 12.1 Å². The van der Waals surface area contributed by atoms with Crippen molar-refractivity contribution in [1.29, 1.82) is 0 Å². The number of aryl methyl sites for hydroxylation is 1. The van der Waals surface area contributed by atoms with Gasteiger partial charge in [0, 0.05) is 25.7 Å². The fraction of sp³-hybridized carbons (Fsp3) is 0.263. The number of nitrogens with zero attached hydrogens (tertiary/aromatic N) is 1. The summed E-state index contributed by atoms with van der Waals surface area (Å²) in [4.78, 5) is 25.3. The molecule has 0 fully saturated rings. The van der Waals surface area contributed by atoms with Gasteiger partial charge >= 0.3 is 0 Å². The summed E-state index contributed by atoms with van der Waals surface area (Å²) in [6.07, 6.45) is 1.35. The number of carbonyl (C=O) groups is 2. The third kappa shape index (κ3) is 3.62. The predicted molar refractivity (Wildman–Crippen MR) is 90.1 cm³/mol. The first kappa shape index (κ1) is 16.2. The maximum absolute atomic E-state index is 12.8. The van der Waals surface area contributed by atoms with Gasteiger partial charge in [-0.3, -0.25) is 9.59 Å². The molecule has 2 aromatic rings. The van der Waals surface area contributed by atoms with Crippen molar-refractivity contribution >= 4 is 17.5 Å². The SMILES string of the molecule is CN1C(=O)Cc2cc(CNC(=O)CCc3ccc(F)cc3)ccc21. The molecule has 0 saturated heterocycles. The van der Waals surface area contributed by atoms with Crippen molar-refractivity contribution in [3.8, 4) is 0 Å². The lowest BCUT2D eigenvalue weighted by atomic mass is 10.1. The number of hydrogen-bond acceptors (Lipinski definition) is 2. The van der Waals surface area contributed by atoms with Crippen LogP contribution in [0.2, 0.25) is 0 Å². The van der Waals surface area contributed by atoms with Crippen LogP contribution in [0.5, 0.6) is 0 Å². The van der Waals surface area contributed by atoms with E-state index < -0.39 is 0 Å². The molecular weight excluding hydrogens is 307 g/mol. The van der Waals surface area contributed by atoms with E-state index in [1.54, 1.807) is 24.1 Å². The number of benzene rings is 2. The predicted octanol–water partition coefficient (Wildman–Crippen LogP) is 2.59. The van der Waals surface area contributed by atoms with Crippen LogP contribution >= 0.6 is 0 Å². The molecule has 124 valence electrons. The summed E-state index contributed by atoms with van der Waals surface area (Å²) in [5, 5.41) is 2.88. The van der Waals surface area contributed by atoms with E-state index in [2.05, 4.69) is 5.32 Å². The van der Waals surface area contributed by atoms with Crippen LogP contribution in [0.3, 0.4) is 0 Å². The van der Waals surface area contributed by atoms with Gasteiger partial charge in [-0.2, -0.15) is 0 Å². The van der Waals surface area contributed by atoms with Crippen molar-refractivity contribution in [3.05, 3.63) is 65.0 Å². The molecule has 1 aliphatic heterocycles. The summed E-state index contributed by atoms with van der Waals surface area (Å²) in [7, 11) is 1.77. The molecule has 3 rings (SSSR count). The summed E-state index contributed by atoms with van der Waals surface area (Å²) >= 11 is 0. The molecule has 0 aliphatic carbocycles. The van der Waals surface area contributed by atoms with Gasteiger partial charge in [-0.25, -0.2) is 4.39 Å². The molecule has 1 aliphatic rings. The topological polar surface area (TPSA) is 49.4 Å². The van der Waals surface area contributed by atoms with E-state index in [4.69, 9.17) is 0 Å². The van der Waals surface area contributed by atoms with Crippen LogP contribution in [0.15, 0.2) is 42.5 Å². The molecule has 24 heavy (non-hydrogen) atoms. The fourth-order valence-electron chi connectivity index (χ4n) is 2.83. The van der Waals surface area contributed by atoms with Crippen molar-refractivity contribution in [2.75, 3.05) is 11.9 Å². The molecule has 0 bridgehead atoms. The lowest BCUT2D eigenvalue weighted by Gasteiger charge is -2.11. The second-order valence-electron chi connectivity index (χ2n) is 6.00. The van der Waals surface area contributed by atoms with Gasteiger partial charge in [0.2, 0.25) is 11.8 Å². The Morgan fingerprint density at radius 2 is 1.88 bits per heavy atom. The molecular formula is C19H19FN2O2. The Labute approximate surface area is 140 Å². The maximum Gasteiger partial charge on any atom is 0.231 e. The summed E-state index contributed by atoms with van der Waals surface area (Å²) in [5.74, 6) is -0.234. The second-order valence-corrected chi connectivity index (χ2v) is 6.00. The molecule has 5 heteroatoms. The Morgan fingerprint density at radius 1 is 1.17 bits per heavy atom. The Kier molecular flexibility index (Phi) is 4.60. The van der Waals surface area contributed by atoms with E-state index >= 15 is 0 Å². The van der Waals surface area contributed by atoms with E-state index in [-0.39, 0.29) is 17.6 Å². The summed E-state index contributed by atoms with van der Waals surface area (Å²) in [6.45, 7) is 0.438. The van der Waals surface area contributed by atoms with Gasteiger partial charge in [0.25, 0.3) is 0 Å². The first-order valence-electron chi connectivity index (χ1n) is 7.92. The number of likely N-dealkylation sites (N-methyl/N-ethyl adjacent to an activating group) is 1. The van der Waals surface area contributed by atoms with Crippen LogP contribution in [0.1, 0.15) is 23.1 Å². The molecule has 4 nitrogen and oxygen atoms in total. The summed E-state index contributed by atoms with van der Waals surface area (Å²) in [6, 6.07) is 12.0. The Balaban J connectivity index is 1.51. The number of anilines is 1. The number of amides is 2. The van der Waals surface area contributed by atoms with Crippen LogP contribution in [0, 0.1) is 5.82 Å². The lowest BCUT2D eigenvalue weighted by molar-refractivity contribution is -0.121. The second kappa shape index (κ2) is 6.83. The van der Waals surface area contributed by atoms with Gasteiger partial charge in [0.1, 0.15) is 5.82 Å². The first-order valence-corrected chi connectivity index (χ1v) is 7.92. The molecule has 0 aromatic heterocycles. The van der Waals surface area contributed by atoms with Crippen LogP contribution in [0.4, 0.5) is 10.1 Å². The zero-order valence-electron chi connectivity index (χ0n) is 13.5. The minimum Gasteiger partial charge on any atom is -0.352 e. The maximum atomic E-state index is 12.8. The summed E-state index contributed by atoms with van der Waals surface area (Å²) in [5.41, 5.74) is 3.85. The largest absolute Gasteiger partial charge is 0.352 e. The average Bonchev–Trinajstić information content (AvgIpc) is 2.86. The van der Waals surface area contributed by atoms with E-state index in [0.29, 0.717) is 25.8 Å². The molecule has 0 unspecified atom stereocenters. The molecule has 2 aromatic carbocycles. The molecule has 0 atom stereocenters. The van der Waals surface area contributed by atoms with Crippen molar-refractivity contribution < 1.29 is 14.0 Å². The number of carbonyl (C=O) groups excluding carboxylic acids is 2. The minimum absolute atomic E-state index is 0.0481. The highest BCUT2D eigenvalue weighted by Crippen LogP contribution is 2.28. The van der Waals surface area contributed by atoms with Gasteiger partial charge in [0.15, 0.2) is 0 Å². The van der Waals surface area contributed by atoms with Crippen molar-refractivity contribution in [3.63, 3.8) is 0 Å². The standard InChI is InChI=1S/C19H19FN2O2/c1-22-17-8-4-14(10-15(17)11-19(22)24)12-21-18(23)9-5-13-2-6-16(20)7-3-13/h2-4,6-8,10H,5,9,11-12H2,1H3,(H,21,23). The highest BCUT2D eigenvalue weighted by atomic mass is 19.1.